The zero-order chi connectivity index (χ0) is 29.4. The van der Waals surface area contributed by atoms with Crippen molar-refractivity contribution in [1.82, 2.24) is 4.98 Å². The molecule has 8 bridgehead atoms. The van der Waals surface area contributed by atoms with Gasteiger partial charge >= 0.3 is 0 Å². The Labute approximate surface area is 282 Å². The molecule has 4 heteroatoms. The Kier molecular flexibility index (Phi) is 7.79. The fourth-order valence-electron chi connectivity index (χ4n) is 12.4. The Hall–Kier alpha value is -2.05. The smallest absolute Gasteiger partial charge is 0.104 e. The van der Waals surface area contributed by atoms with Gasteiger partial charge in [0.1, 0.15) is 7.14 Å². The third kappa shape index (κ3) is 4.89. The summed E-state index contributed by atoms with van der Waals surface area (Å²) in [5.41, 5.74) is 2.04. The van der Waals surface area contributed by atoms with Crippen molar-refractivity contribution in [2.45, 2.75) is 87.4 Å². The van der Waals surface area contributed by atoms with Gasteiger partial charge in [-0.3, -0.25) is 0 Å². The van der Waals surface area contributed by atoms with Gasteiger partial charge in [0.15, 0.2) is 0 Å². The predicted molar refractivity (Wildman–Crippen MR) is 180 cm³/mol. The summed E-state index contributed by atoms with van der Waals surface area (Å²) < 4.78 is 15.9. The van der Waals surface area contributed by atoms with Gasteiger partial charge in [0.25, 0.3) is 0 Å². The number of hydrogen-bond acceptors (Lipinski definition) is 2. The van der Waals surface area contributed by atoms with E-state index in [1.807, 2.05) is 48.7 Å². The van der Waals surface area contributed by atoms with Crippen molar-refractivity contribution in [3.63, 3.8) is 0 Å². The van der Waals surface area contributed by atoms with E-state index in [4.69, 9.17) is 0 Å². The third-order valence-electron chi connectivity index (χ3n) is 13.0. The number of fused-ring (bicyclic) bond motifs is 1. The van der Waals surface area contributed by atoms with Gasteiger partial charge in [-0.15, -0.1) is 41.2 Å². The zero-order valence-electron chi connectivity index (χ0n) is 26.2. The summed E-state index contributed by atoms with van der Waals surface area (Å²) in [6.07, 6.45) is 18.2. The first-order chi connectivity index (χ1) is 21.5. The van der Waals surface area contributed by atoms with Crippen molar-refractivity contribution in [2.24, 2.45) is 35.5 Å². The summed E-state index contributed by atoms with van der Waals surface area (Å²) in [4.78, 5) is 4.45. The molecule has 0 N–H and O–H groups in total. The average molecular weight is 790 g/mol. The first kappa shape index (κ1) is 30.3. The van der Waals surface area contributed by atoms with Crippen molar-refractivity contribution in [1.29, 1.82) is 0 Å². The fourth-order valence-corrected chi connectivity index (χ4v) is 18.0. The van der Waals surface area contributed by atoms with Crippen LogP contribution in [0.2, 0.25) is 0 Å². The molecule has 4 aromatic rings. The van der Waals surface area contributed by atoms with Crippen LogP contribution in [0, 0.1) is 47.6 Å². The minimum Gasteiger partial charge on any atom is -0.320 e. The number of pyridine rings is 1. The summed E-state index contributed by atoms with van der Waals surface area (Å²) in [5.74, 6) is 5.23. The molecule has 1 aromatic heterocycles. The summed E-state index contributed by atoms with van der Waals surface area (Å²) in [6.45, 7) is 0. The monoisotopic (exact) mass is 790 g/mol. The molecule has 12 rings (SSSR count). The SMILES string of the molecule is O=P(c1[c-]cccc1)(C12CC3CC(CC(C3)C1)C2)C12CC3CC(CC(C3)C1)C2.[Ir].[c-]1ccccc1-c1nccc2ccccc12. The van der Waals surface area contributed by atoms with Crippen molar-refractivity contribution in [2.75, 3.05) is 0 Å². The Morgan fingerprint density at radius 3 is 1.58 bits per heavy atom. The van der Waals surface area contributed by atoms with Crippen molar-refractivity contribution in [3.8, 4) is 11.3 Å². The maximum atomic E-state index is 15.9. The molecule has 8 fully saturated rings. The second kappa shape index (κ2) is 11.6. The number of nitrogens with zero attached hydrogens (tertiary/aromatic N) is 1. The third-order valence-corrected chi connectivity index (χ3v) is 17.7. The summed E-state index contributed by atoms with van der Waals surface area (Å²) in [5, 5.41) is 3.81. The number of aromatic nitrogens is 1. The molecular formula is C41H44IrNOP-2. The van der Waals surface area contributed by atoms with Crippen LogP contribution in [0.3, 0.4) is 0 Å². The minimum atomic E-state index is -2.53. The van der Waals surface area contributed by atoms with E-state index in [0.717, 1.165) is 46.8 Å². The predicted octanol–water partition coefficient (Wildman–Crippen LogP) is 10.1. The van der Waals surface area contributed by atoms with Crippen LogP contribution < -0.4 is 5.30 Å². The van der Waals surface area contributed by atoms with Gasteiger partial charge in [-0.2, -0.15) is 30.3 Å². The molecule has 0 atom stereocenters. The van der Waals surface area contributed by atoms with Gasteiger partial charge in [-0.25, -0.2) is 0 Å². The average Bonchev–Trinajstić information content (AvgIpc) is 3.04. The standard InChI is InChI=1S/C26H34OP.C15H10N.Ir/c27-28(24-4-2-1-3-5-24,25-12-18-6-19(13-25)8-20(7-18)14-25)26-15-21-9-22(16-26)11-23(10-21)17-26;1-2-7-13(8-3-1)15-14-9-5-4-6-12(14)10-11-16-15;/h1-4,18-23H,6-17H2;1-7,9-11H;/q2*-1;. The van der Waals surface area contributed by atoms with E-state index in [-0.39, 0.29) is 30.4 Å². The summed E-state index contributed by atoms with van der Waals surface area (Å²) in [7, 11) is -2.53. The van der Waals surface area contributed by atoms with Crippen LogP contribution in [-0.2, 0) is 24.7 Å². The molecule has 45 heavy (non-hydrogen) atoms. The maximum Gasteiger partial charge on any atom is 0.104 e. The first-order valence-electron chi connectivity index (χ1n) is 17.4. The van der Waals surface area contributed by atoms with E-state index in [1.54, 1.807) is 0 Å². The molecule has 235 valence electrons. The van der Waals surface area contributed by atoms with Crippen molar-refractivity contribution < 1.29 is 24.7 Å². The zero-order valence-corrected chi connectivity index (χ0v) is 29.5. The molecule has 1 radical (unpaired) electrons. The summed E-state index contributed by atoms with van der Waals surface area (Å²) >= 11 is 0. The van der Waals surface area contributed by atoms with Crippen LogP contribution in [0.1, 0.15) is 77.0 Å². The topological polar surface area (TPSA) is 30.0 Å². The second-order valence-corrected chi connectivity index (χ2v) is 19.4. The largest absolute Gasteiger partial charge is 0.320 e. The Bertz CT molecular complexity index is 1590. The van der Waals surface area contributed by atoms with Gasteiger partial charge in [0, 0.05) is 36.6 Å². The quantitative estimate of drug-likeness (QED) is 0.152. The Morgan fingerprint density at radius 2 is 1.09 bits per heavy atom. The normalized spacial score (nSPS) is 36.5. The molecule has 8 saturated carbocycles. The van der Waals surface area contributed by atoms with Gasteiger partial charge in [0.05, 0.1) is 0 Å². The van der Waals surface area contributed by atoms with Crippen molar-refractivity contribution in [3.05, 3.63) is 97.2 Å². The van der Waals surface area contributed by atoms with E-state index < -0.39 is 7.14 Å². The van der Waals surface area contributed by atoms with E-state index >= 15 is 4.57 Å². The fraction of sp³-hybridized carbons (Fsp3) is 0.488. The first-order valence-corrected chi connectivity index (χ1v) is 19.1. The molecule has 8 aliphatic rings. The van der Waals surface area contributed by atoms with Crippen LogP contribution in [0.25, 0.3) is 22.0 Å². The van der Waals surface area contributed by atoms with E-state index in [0.29, 0.717) is 0 Å². The van der Waals surface area contributed by atoms with Gasteiger partial charge in [-0.05, 0) is 135 Å². The van der Waals surface area contributed by atoms with Gasteiger partial charge in [-0.1, -0.05) is 24.3 Å². The van der Waals surface area contributed by atoms with E-state index in [2.05, 4.69) is 53.5 Å². The van der Waals surface area contributed by atoms with Gasteiger partial charge in [0.2, 0.25) is 0 Å². The maximum absolute atomic E-state index is 15.9. The van der Waals surface area contributed by atoms with Crippen LogP contribution in [0.15, 0.2) is 85.1 Å². The second-order valence-electron chi connectivity index (χ2n) is 15.8. The van der Waals surface area contributed by atoms with Crippen LogP contribution >= 0.6 is 7.14 Å². The molecule has 3 aromatic carbocycles. The molecular weight excluding hydrogens is 746 g/mol. The van der Waals surface area contributed by atoms with E-state index in [9.17, 15) is 0 Å². The molecule has 0 unspecified atom stereocenters. The van der Waals surface area contributed by atoms with Gasteiger partial charge < -0.3 is 9.55 Å². The Morgan fingerprint density at radius 1 is 0.600 bits per heavy atom. The number of benzene rings is 3. The van der Waals surface area contributed by atoms with Crippen molar-refractivity contribution >= 4 is 23.2 Å². The number of rotatable bonds is 4. The molecule has 0 saturated heterocycles. The minimum absolute atomic E-state index is 0. The van der Waals surface area contributed by atoms with Crippen LogP contribution in [-0.4, -0.2) is 15.3 Å². The molecule has 1 heterocycles. The number of hydrogen-bond donors (Lipinski definition) is 0. The summed E-state index contributed by atoms with van der Waals surface area (Å²) in [6, 6.07) is 33.6. The Balaban J connectivity index is 0.000000151. The molecule has 0 amide bonds. The van der Waals surface area contributed by atoms with Crippen LogP contribution in [0.5, 0.6) is 0 Å². The van der Waals surface area contributed by atoms with Crippen LogP contribution in [0.4, 0.5) is 0 Å². The molecule has 2 nitrogen and oxygen atoms in total. The molecule has 8 aliphatic carbocycles. The van der Waals surface area contributed by atoms with E-state index in [1.165, 1.54) is 93.1 Å². The molecule has 0 spiro atoms. The molecule has 0 aliphatic heterocycles.